The molecule has 0 spiro atoms. The molecule has 1 aliphatic heterocycles. The number of hydrogen-bond donors (Lipinski definition) is 3. The fourth-order valence-electron chi connectivity index (χ4n) is 5.04. The van der Waals surface area contributed by atoms with Crippen LogP contribution in [-0.2, 0) is 19.8 Å². The van der Waals surface area contributed by atoms with E-state index in [0.717, 1.165) is 0 Å². The van der Waals surface area contributed by atoms with Gasteiger partial charge in [-0.15, -0.1) is 4.52 Å². The maximum Gasteiger partial charge on any atom is 0.447 e. The van der Waals surface area contributed by atoms with Gasteiger partial charge >= 0.3 is 24.6 Å². The minimum absolute atomic E-state index is 0.262. The molecule has 2 atom stereocenters. The summed E-state index contributed by atoms with van der Waals surface area (Å²) in [6, 6.07) is 48.3. The molecule has 12 nitrogen and oxygen atoms in total. The molecule has 1 aliphatic rings. The third kappa shape index (κ3) is 8.69. The van der Waals surface area contributed by atoms with E-state index >= 15 is 0 Å². The Morgan fingerprint density at radius 2 is 0.870 bits per heavy atom. The predicted octanol–water partition coefficient (Wildman–Crippen LogP) is 9.78. The standard InChI is InChI=1S/C39H36N3O9P3/c43-28-31-16-10-13-25-37(31)49-52-40-54(50-38-26-14-11-17-32(38)29-44,51-39-27-15-12-18-33(39)30-45)42(47-35-21-6-2-7-22-35)53(48-36-23-8-3-9-24-36)41(52)46-34-19-4-1-5-20-34/h1-27,43-45H,28-30H2. The van der Waals surface area contributed by atoms with Gasteiger partial charge in [-0.05, 0) is 54.6 Å². The molecule has 0 amide bonds. The highest BCUT2D eigenvalue weighted by Crippen LogP contribution is 2.78. The van der Waals surface area contributed by atoms with Crippen molar-refractivity contribution in [2.75, 3.05) is 0 Å². The number of aliphatic hydroxyl groups excluding tert-OH is 3. The second-order valence-corrected chi connectivity index (χ2v) is 16.9. The zero-order valence-corrected chi connectivity index (χ0v) is 31.4. The molecule has 0 aliphatic carbocycles. The molecule has 7 rings (SSSR count). The van der Waals surface area contributed by atoms with Crippen LogP contribution in [0, 0.1) is 0 Å². The Kier molecular flexibility index (Phi) is 12.4. The Hall–Kier alpha value is -4.99. The third-order valence-corrected chi connectivity index (χ3v) is 14.5. The first-order chi connectivity index (χ1) is 26.6. The van der Waals surface area contributed by atoms with Crippen molar-refractivity contribution in [3.8, 4) is 34.5 Å². The normalized spacial score (nSPS) is 16.8. The molecule has 3 N–H and O–H groups in total. The molecule has 0 saturated carbocycles. The molecular formula is C39H36N3O9P3. The fraction of sp³-hybridized carbons (Fsp3) is 0.0769. The Bertz CT molecular complexity index is 2120. The van der Waals surface area contributed by atoms with E-state index in [1.807, 2.05) is 54.6 Å². The molecule has 0 saturated heterocycles. The lowest BCUT2D eigenvalue weighted by atomic mass is 10.2. The van der Waals surface area contributed by atoms with E-state index in [4.69, 9.17) is 32.3 Å². The highest BCUT2D eigenvalue weighted by Gasteiger charge is 2.58. The molecular weight excluding hydrogens is 747 g/mol. The van der Waals surface area contributed by atoms with Crippen LogP contribution in [0.5, 0.6) is 34.5 Å². The van der Waals surface area contributed by atoms with E-state index in [-0.39, 0.29) is 31.3 Å². The molecule has 6 aromatic rings. The fourth-order valence-corrected chi connectivity index (χ4v) is 12.7. The summed E-state index contributed by atoms with van der Waals surface area (Å²) >= 11 is 0. The van der Waals surface area contributed by atoms with Gasteiger partial charge in [0, 0.05) is 25.9 Å². The maximum absolute atomic E-state index is 10.5. The Labute approximate surface area is 315 Å². The average molecular weight is 784 g/mol. The Balaban J connectivity index is 1.52. The van der Waals surface area contributed by atoms with Crippen LogP contribution >= 0.6 is 24.6 Å². The van der Waals surface area contributed by atoms with Crippen LogP contribution in [0.1, 0.15) is 16.7 Å². The summed E-state index contributed by atoms with van der Waals surface area (Å²) in [5, 5.41) is 31.2. The lowest BCUT2D eigenvalue weighted by Gasteiger charge is -2.44. The smallest absolute Gasteiger partial charge is 0.440 e. The summed E-state index contributed by atoms with van der Waals surface area (Å²) in [5.41, 5.74) is 1.42. The molecule has 276 valence electrons. The highest BCUT2D eigenvalue weighted by molar-refractivity contribution is 7.78. The molecule has 1 heterocycles. The van der Waals surface area contributed by atoms with Crippen LogP contribution in [0.25, 0.3) is 0 Å². The topological polar surface area (TPSA) is 135 Å². The summed E-state index contributed by atoms with van der Waals surface area (Å²) < 4.78 is 35.7. The first-order valence-corrected chi connectivity index (χ1v) is 20.6. The van der Waals surface area contributed by atoms with Crippen LogP contribution < -0.4 is 27.8 Å². The highest BCUT2D eigenvalue weighted by atomic mass is 31.3. The van der Waals surface area contributed by atoms with Crippen LogP contribution in [0.2, 0.25) is 0 Å². The van der Waals surface area contributed by atoms with Crippen molar-refractivity contribution >= 4 is 24.6 Å². The first-order valence-electron chi connectivity index (χ1n) is 16.7. The predicted molar refractivity (Wildman–Crippen MR) is 207 cm³/mol. The van der Waals surface area contributed by atoms with Gasteiger partial charge in [0.25, 0.3) is 0 Å². The number of aliphatic hydroxyl groups is 3. The zero-order valence-electron chi connectivity index (χ0n) is 28.7. The van der Waals surface area contributed by atoms with Crippen molar-refractivity contribution in [1.82, 2.24) is 9.21 Å². The zero-order chi connectivity index (χ0) is 37.2. The molecule has 0 radical (unpaired) electrons. The molecule has 2 unspecified atom stereocenters. The van der Waals surface area contributed by atoms with E-state index in [2.05, 4.69) is 0 Å². The van der Waals surface area contributed by atoms with Crippen molar-refractivity contribution in [2.24, 2.45) is 4.52 Å². The first kappa shape index (κ1) is 37.3. The number of rotatable bonds is 15. The molecule has 0 fully saturated rings. The van der Waals surface area contributed by atoms with Gasteiger partial charge < -0.3 is 43.1 Å². The lowest BCUT2D eigenvalue weighted by molar-refractivity contribution is 0.0543. The molecule has 0 aromatic heterocycles. The van der Waals surface area contributed by atoms with E-state index in [1.54, 1.807) is 109 Å². The minimum Gasteiger partial charge on any atom is -0.440 e. The number of benzene rings is 6. The maximum atomic E-state index is 10.5. The second kappa shape index (κ2) is 17.9. The van der Waals surface area contributed by atoms with E-state index in [9.17, 15) is 15.3 Å². The van der Waals surface area contributed by atoms with E-state index < -0.39 is 24.6 Å². The Morgan fingerprint density at radius 3 is 1.37 bits per heavy atom. The van der Waals surface area contributed by atoms with Crippen LogP contribution in [0.3, 0.4) is 0 Å². The number of nitrogens with zero attached hydrogens (tertiary/aromatic N) is 3. The van der Waals surface area contributed by atoms with Crippen molar-refractivity contribution in [1.29, 1.82) is 0 Å². The monoisotopic (exact) mass is 783 g/mol. The second-order valence-electron chi connectivity index (χ2n) is 11.4. The number of hydrogen-bond acceptors (Lipinski definition) is 12. The molecule has 0 bridgehead atoms. The summed E-state index contributed by atoms with van der Waals surface area (Å²) in [4.78, 5) is 13.4. The Morgan fingerprint density at radius 1 is 0.463 bits per heavy atom. The van der Waals surface area contributed by atoms with Gasteiger partial charge in [0.1, 0.15) is 34.5 Å². The van der Waals surface area contributed by atoms with E-state index in [0.29, 0.717) is 39.7 Å². The summed E-state index contributed by atoms with van der Waals surface area (Å²) in [7, 11) is -8.76. The van der Waals surface area contributed by atoms with Gasteiger partial charge in [0.2, 0.25) is 0 Å². The van der Waals surface area contributed by atoms with Gasteiger partial charge in [-0.2, -0.15) is 0 Å². The third-order valence-electron chi connectivity index (χ3n) is 7.68. The quantitative estimate of drug-likeness (QED) is 0.0860. The van der Waals surface area contributed by atoms with Crippen LogP contribution in [0.4, 0.5) is 0 Å². The van der Waals surface area contributed by atoms with Crippen molar-refractivity contribution < 1.29 is 43.1 Å². The average Bonchev–Trinajstić information content (AvgIpc) is 3.22. The van der Waals surface area contributed by atoms with Gasteiger partial charge in [-0.3, -0.25) is 0 Å². The van der Waals surface area contributed by atoms with E-state index in [1.165, 1.54) is 9.21 Å². The van der Waals surface area contributed by atoms with Crippen molar-refractivity contribution in [3.05, 3.63) is 180 Å². The largest absolute Gasteiger partial charge is 0.447 e. The minimum atomic E-state index is -4.10. The van der Waals surface area contributed by atoms with Gasteiger partial charge in [-0.1, -0.05) is 109 Å². The van der Waals surface area contributed by atoms with Gasteiger partial charge in [0.15, 0.2) is 0 Å². The van der Waals surface area contributed by atoms with Crippen LogP contribution in [0.15, 0.2) is 168 Å². The van der Waals surface area contributed by atoms with Gasteiger partial charge in [-0.25, -0.2) is 0 Å². The van der Waals surface area contributed by atoms with Crippen LogP contribution in [-0.4, -0.2) is 24.5 Å². The molecule has 6 aromatic carbocycles. The molecule has 54 heavy (non-hydrogen) atoms. The van der Waals surface area contributed by atoms with Crippen molar-refractivity contribution in [3.63, 3.8) is 0 Å². The lowest BCUT2D eigenvalue weighted by Crippen LogP contribution is -2.37. The van der Waals surface area contributed by atoms with Crippen molar-refractivity contribution in [2.45, 2.75) is 19.8 Å². The van der Waals surface area contributed by atoms with Gasteiger partial charge in [0.05, 0.1) is 19.8 Å². The molecule has 15 heteroatoms. The summed E-state index contributed by atoms with van der Waals surface area (Å²) in [6.45, 7) is -1.01. The number of para-hydroxylation sites is 6. The SMILES string of the molecule is OCc1ccccc1OP1N=P(Oc2ccccc2CO)(Oc2ccccc2CO)N(Oc2ccccc2)P(Oc2ccccc2)N1Oc1ccccc1. The summed E-state index contributed by atoms with van der Waals surface area (Å²) in [6.07, 6.45) is 0. The summed E-state index contributed by atoms with van der Waals surface area (Å²) in [5.74, 6) is 2.18.